The molecule has 0 spiro atoms. The predicted molar refractivity (Wildman–Crippen MR) is 92.1 cm³/mol. The molecule has 1 aliphatic carbocycles. The maximum atomic E-state index is 6.31. The van der Waals surface area contributed by atoms with Crippen LogP contribution < -0.4 is 5.84 Å². The fourth-order valence-corrected chi connectivity index (χ4v) is 3.34. The lowest BCUT2D eigenvalue weighted by Crippen LogP contribution is -2.08. The number of aryl methyl sites for hydroxylation is 3. The fraction of sp³-hybridized carbons (Fsp3) is 0.500. The summed E-state index contributed by atoms with van der Waals surface area (Å²) in [7, 11) is 0. The van der Waals surface area contributed by atoms with Gasteiger partial charge in [0.05, 0.1) is 10.7 Å². The molecule has 0 heterocycles. The molecular weight excluding hydrogens is 280 g/mol. The summed E-state index contributed by atoms with van der Waals surface area (Å²) in [5.41, 5.74) is 6.64. The van der Waals surface area contributed by atoms with Gasteiger partial charge in [-0.2, -0.15) is 5.10 Å². The van der Waals surface area contributed by atoms with Crippen LogP contribution in [0.15, 0.2) is 28.3 Å². The van der Waals surface area contributed by atoms with Crippen molar-refractivity contribution in [1.29, 1.82) is 0 Å². The van der Waals surface area contributed by atoms with Crippen LogP contribution in [0.1, 0.15) is 61.3 Å². The Morgan fingerprint density at radius 1 is 1.33 bits per heavy atom. The second-order valence-electron chi connectivity index (χ2n) is 5.95. The van der Waals surface area contributed by atoms with Gasteiger partial charge in [-0.3, -0.25) is 0 Å². The van der Waals surface area contributed by atoms with Crippen molar-refractivity contribution in [3.05, 3.63) is 45.5 Å². The summed E-state index contributed by atoms with van der Waals surface area (Å²) < 4.78 is 0. The number of benzene rings is 1. The third-order valence-corrected chi connectivity index (χ3v) is 4.82. The van der Waals surface area contributed by atoms with E-state index in [1.54, 1.807) is 0 Å². The Kier molecular flexibility index (Phi) is 5.46. The number of hydrogen-bond donors (Lipinski definition) is 1. The number of nitrogens with zero attached hydrogens (tertiary/aromatic N) is 1. The molecule has 2 N–H and O–H groups in total. The van der Waals surface area contributed by atoms with Crippen molar-refractivity contribution in [3.63, 3.8) is 0 Å². The van der Waals surface area contributed by atoms with E-state index in [-0.39, 0.29) is 0 Å². The van der Waals surface area contributed by atoms with Crippen LogP contribution in [0.2, 0.25) is 0 Å². The Hall–Kier alpha value is -1.28. The predicted octanol–water partition coefficient (Wildman–Crippen LogP) is 4.82. The van der Waals surface area contributed by atoms with E-state index in [2.05, 4.69) is 44.1 Å². The summed E-state index contributed by atoms with van der Waals surface area (Å²) in [6.45, 7) is 6.71. The lowest BCUT2D eigenvalue weighted by atomic mass is 9.86. The van der Waals surface area contributed by atoms with E-state index in [1.165, 1.54) is 22.3 Å². The minimum Gasteiger partial charge on any atom is -0.323 e. The Morgan fingerprint density at radius 2 is 2.10 bits per heavy atom. The zero-order valence-corrected chi connectivity index (χ0v) is 14.0. The quantitative estimate of drug-likeness (QED) is 0.586. The van der Waals surface area contributed by atoms with Gasteiger partial charge in [0, 0.05) is 0 Å². The van der Waals surface area contributed by atoms with Gasteiger partial charge in [0.25, 0.3) is 0 Å². The van der Waals surface area contributed by atoms with E-state index < -0.39 is 0 Å². The van der Waals surface area contributed by atoms with Crippen molar-refractivity contribution in [1.82, 2.24) is 0 Å². The Balaban J connectivity index is 2.41. The molecule has 3 heteroatoms. The molecule has 0 radical (unpaired) electrons. The van der Waals surface area contributed by atoms with Crippen LogP contribution >= 0.6 is 11.6 Å². The fourth-order valence-electron chi connectivity index (χ4n) is 3.10. The number of hydrogen-bond acceptors (Lipinski definition) is 2. The lowest BCUT2D eigenvalue weighted by molar-refractivity contribution is 0.744. The van der Waals surface area contributed by atoms with Crippen LogP contribution in [0.5, 0.6) is 0 Å². The Bertz CT molecular complexity index is 573. The summed E-state index contributed by atoms with van der Waals surface area (Å²) in [5, 5.41) is 4.56. The van der Waals surface area contributed by atoms with Gasteiger partial charge in [0.2, 0.25) is 0 Å². The lowest BCUT2D eigenvalue weighted by Gasteiger charge is -2.20. The number of nitrogens with two attached hydrogens (primary N) is 1. The molecule has 0 fully saturated rings. The molecule has 1 atom stereocenters. The Morgan fingerprint density at radius 3 is 2.76 bits per heavy atom. The standard InChI is InChI=1S/C18H25ClN2/c1-4-14-11-16-12(2)8-9-17(19)18(21-20)7-5-6-15(16)10-13(14)3/h9-12H,4-8,20H2,1-3H3/b17-9-,21-18+. The Labute approximate surface area is 133 Å². The maximum absolute atomic E-state index is 6.31. The molecule has 114 valence electrons. The van der Waals surface area contributed by atoms with Gasteiger partial charge in [-0.15, -0.1) is 0 Å². The molecule has 0 amide bonds. The van der Waals surface area contributed by atoms with Crippen molar-refractivity contribution in [3.8, 4) is 0 Å². The summed E-state index contributed by atoms with van der Waals surface area (Å²) in [4.78, 5) is 0. The topological polar surface area (TPSA) is 38.4 Å². The summed E-state index contributed by atoms with van der Waals surface area (Å²) in [6, 6.07) is 4.77. The van der Waals surface area contributed by atoms with Gasteiger partial charge >= 0.3 is 0 Å². The first-order valence-electron chi connectivity index (χ1n) is 7.81. The number of hydrazone groups is 1. The first-order valence-corrected chi connectivity index (χ1v) is 8.19. The van der Waals surface area contributed by atoms with Crippen molar-refractivity contribution < 1.29 is 0 Å². The molecule has 0 aliphatic heterocycles. The molecule has 21 heavy (non-hydrogen) atoms. The molecule has 1 aromatic rings. The van der Waals surface area contributed by atoms with Crippen molar-refractivity contribution >= 4 is 17.3 Å². The normalized spacial score (nSPS) is 24.3. The van der Waals surface area contributed by atoms with Crippen LogP contribution in [0, 0.1) is 6.92 Å². The molecule has 0 saturated carbocycles. The number of halogens is 1. The van der Waals surface area contributed by atoms with Gasteiger partial charge in [0.1, 0.15) is 0 Å². The molecular formula is C18H25ClN2. The smallest absolute Gasteiger partial charge is 0.0783 e. The van der Waals surface area contributed by atoms with Crippen LogP contribution in [0.25, 0.3) is 0 Å². The maximum Gasteiger partial charge on any atom is 0.0783 e. The largest absolute Gasteiger partial charge is 0.323 e. The van der Waals surface area contributed by atoms with E-state index >= 15 is 0 Å². The minimum absolute atomic E-state index is 0.469. The number of rotatable bonds is 1. The highest BCUT2D eigenvalue weighted by molar-refractivity contribution is 6.43. The first-order chi connectivity index (χ1) is 10.1. The number of fused-ring (bicyclic) bond motifs is 1. The van der Waals surface area contributed by atoms with E-state index in [0.29, 0.717) is 5.92 Å². The van der Waals surface area contributed by atoms with Gasteiger partial charge in [-0.25, -0.2) is 0 Å². The minimum atomic E-state index is 0.469. The average molecular weight is 305 g/mol. The molecule has 0 saturated heterocycles. The van der Waals surface area contributed by atoms with Gasteiger partial charge in [-0.05, 0) is 67.2 Å². The third kappa shape index (κ3) is 3.68. The van der Waals surface area contributed by atoms with Gasteiger partial charge in [0.15, 0.2) is 0 Å². The monoisotopic (exact) mass is 304 g/mol. The van der Waals surface area contributed by atoms with Crippen LogP contribution in [-0.4, -0.2) is 5.71 Å². The molecule has 1 unspecified atom stereocenters. The molecule has 2 rings (SSSR count). The molecule has 2 nitrogen and oxygen atoms in total. The average Bonchev–Trinajstić information content (AvgIpc) is 2.48. The highest BCUT2D eigenvalue weighted by atomic mass is 35.5. The summed E-state index contributed by atoms with van der Waals surface area (Å²) in [6.07, 6.45) is 7.02. The highest BCUT2D eigenvalue weighted by Gasteiger charge is 2.15. The second-order valence-corrected chi connectivity index (χ2v) is 6.36. The van der Waals surface area contributed by atoms with Gasteiger partial charge in [-0.1, -0.05) is 43.7 Å². The second kappa shape index (κ2) is 7.13. The molecule has 0 aromatic heterocycles. The summed E-state index contributed by atoms with van der Waals surface area (Å²) in [5.74, 6) is 5.93. The highest BCUT2D eigenvalue weighted by Crippen LogP contribution is 2.30. The van der Waals surface area contributed by atoms with E-state index in [1.807, 2.05) is 0 Å². The first kappa shape index (κ1) is 16.1. The van der Waals surface area contributed by atoms with Crippen molar-refractivity contribution in [2.75, 3.05) is 0 Å². The zero-order chi connectivity index (χ0) is 15.4. The van der Waals surface area contributed by atoms with Gasteiger partial charge < -0.3 is 5.84 Å². The molecule has 0 bridgehead atoms. The molecule has 1 aliphatic rings. The number of allylic oxidation sites excluding steroid dienone is 2. The van der Waals surface area contributed by atoms with Crippen LogP contribution in [0.3, 0.4) is 0 Å². The SMILES string of the molecule is CCc1cc2c(cc1C)CCCC(=N\N)/C(Cl)=C/CC2C. The van der Waals surface area contributed by atoms with Crippen LogP contribution in [0.4, 0.5) is 0 Å². The third-order valence-electron chi connectivity index (χ3n) is 4.45. The molecule has 1 aromatic carbocycles. The van der Waals surface area contributed by atoms with E-state index in [9.17, 15) is 0 Å². The van der Waals surface area contributed by atoms with Crippen molar-refractivity contribution in [2.45, 2.75) is 58.8 Å². The van der Waals surface area contributed by atoms with Crippen molar-refractivity contribution in [2.24, 2.45) is 10.9 Å². The van der Waals surface area contributed by atoms with Crippen LogP contribution in [-0.2, 0) is 12.8 Å². The van der Waals surface area contributed by atoms with E-state index in [4.69, 9.17) is 17.4 Å². The summed E-state index contributed by atoms with van der Waals surface area (Å²) >= 11 is 6.31. The van der Waals surface area contributed by atoms with E-state index in [0.717, 1.165) is 42.8 Å². The zero-order valence-electron chi connectivity index (χ0n) is 13.2.